The summed E-state index contributed by atoms with van der Waals surface area (Å²) in [5, 5.41) is 12.0. The van der Waals surface area contributed by atoms with Crippen LogP contribution in [0.5, 0.6) is 5.75 Å². The van der Waals surface area contributed by atoms with Crippen LogP contribution in [-0.4, -0.2) is 45.4 Å². The monoisotopic (exact) mass is 380 g/mol. The van der Waals surface area contributed by atoms with E-state index < -0.39 is 0 Å². The second-order valence-corrected chi connectivity index (χ2v) is 7.02. The first-order valence-electron chi connectivity index (χ1n) is 9.54. The van der Waals surface area contributed by atoms with Crippen molar-refractivity contribution in [3.8, 4) is 11.8 Å². The van der Waals surface area contributed by atoms with Crippen molar-refractivity contribution in [2.24, 2.45) is 0 Å². The average molecular weight is 380 g/mol. The van der Waals surface area contributed by atoms with Gasteiger partial charge in [0.1, 0.15) is 31.4 Å². The van der Waals surface area contributed by atoms with E-state index in [0.29, 0.717) is 11.3 Å². The van der Waals surface area contributed by atoms with E-state index in [1.807, 2.05) is 0 Å². The molecule has 0 aliphatic carbocycles. The molecule has 0 radical (unpaired) electrons. The molecule has 0 unspecified atom stereocenters. The molecule has 0 saturated carbocycles. The number of hydrogen-bond donors (Lipinski definition) is 2. The highest BCUT2D eigenvalue weighted by Crippen LogP contribution is 2.14. The molecule has 1 aliphatic heterocycles. The standard InChI is InChI=1S/C22H25N3O3/c1-17-2-6-19(7-3-17)21(15-25-10-12-27-13-11-25)24-22(26)16-28-20-8-4-18(14-23)5-9-20/h2-9,21H,10-13,15-16H2,1H3,(H,24,26)/p+1/t21-/m1/s1. The van der Waals surface area contributed by atoms with Gasteiger partial charge in [0.05, 0.1) is 24.8 Å². The lowest BCUT2D eigenvalue weighted by Gasteiger charge is -2.28. The third kappa shape index (κ3) is 5.81. The van der Waals surface area contributed by atoms with Gasteiger partial charge >= 0.3 is 0 Å². The van der Waals surface area contributed by atoms with E-state index in [9.17, 15) is 4.79 Å². The summed E-state index contributed by atoms with van der Waals surface area (Å²) in [5.74, 6) is 0.405. The first kappa shape index (κ1) is 19.9. The number of aryl methyl sites for hydroxylation is 1. The Morgan fingerprint density at radius 3 is 2.50 bits per heavy atom. The topological polar surface area (TPSA) is 75.8 Å². The zero-order valence-corrected chi connectivity index (χ0v) is 16.1. The van der Waals surface area contributed by atoms with Crippen molar-refractivity contribution in [3.05, 3.63) is 65.2 Å². The summed E-state index contributed by atoms with van der Waals surface area (Å²) in [7, 11) is 0. The second kappa shape index (κ2) is 9.88. The normalized spacial score (nSPS) is 15.4. The lowest BCUT2D eigenvalue weighted by molar-refractivity contribution is -0.909. The molecule has 1 heterocycles. The Morgan fingerprint density at radius 2 is 1.86 bits per heavy atom. The summed E-state index contributed by atoms with van der Waals surface area (Å²) in [4.78, 5) is 13.9. The Kier molecular flexibility index (Phi) is 7.01. The van der Waals surface area contributed by atoms with Crippen molar-refractivity contribution in [3.63, 3.8) is 0 Å². The van der Waals surface area contributed by atoms with E-state index in [4.69, 9.17) is 14.7 Å². The number of nitrogens with one attached hydrogen (secondary N) is 2. The molecule has 1 saturated heterocycles. The van der Waals surface area contributed by atoms with Gasteiger partial charge in [-0.25, -0.2) is 0 Å². The molecule has 146 valence electrons. The second-order valence-electron chi connectivity index (χ2n) is 7.02. The number of rotatable bonds is 7. The fourth-order valence-corrected chi connectivity index (χ4v) is 3.21. The molecule has 2 aromatic carbocycles. The van der Waals surface area contributed by atoms with E-state index in [0.717, 1.165) is 38.4 Å². The predicted octanol–water partition coefficient (Wildman–Crippen LogP) is 1.02. The Labute approximate surface area is 165 Å². The van der Waals surface area contributed by atoms with Crippen molar-refractivity contribution in [1.82, 2.24) is 5.32 Å². The van der Waals surface area contributed by atoms with Crippen molar-refractivity contribution in [2.45, 2.75) is 13.0 Å². The van der Waals surface area contributed by atoms with Crippen molar-refractivity contribution < 1.29 is 19.2 Å². The molecule has 3 rings (SSSR count). The Bertz CT molecular complexity index is 806. The number of carbonyl (C=O) groups is 1. The van der Waals surface area contributed by atoms with Gasteiger partial charge in [0.2, 0.25) is 0 Å². The van der Waals surface area contributed by atoms with Crippen molar-refractivity contribution >= 4 is 5.91 Å². The lowest BCUT2D eigenvalue weighted by Crippen LogP contribution is -3.14. The molecule has 0 spiro atoms. The molecule has 1 fully saturated rings. The Hall–Kier alpha value is -2.88. The summed E-state index contributed by atoms with van der Waals surface area (Å²) in [5.41, 5.74) is 2.85. The smallest absolute Gasteiger partial charge is 0.258 e. The number of amides is 1. The molecule has 2 N–H and O–H groups in total. The van der Waals surface area contributed by atoms with Crippen LogP contribution in [0.4, 0.5) is 0 Å². The van der Waals surface area contributed by atoms with Gasteiger partial charge in [0.25, 0.3) is 5.91 Å². The lowest BCUT2D eigenvalue weighted by atomic mass is 10.0. The number of hydrogen-bond acceptors (Lipinski definition) is 4. The minimum absolute atomic E-state index is 0.0628. The highest BCUT2D eigenvalue weighted by atomic mass is 16.5. The zero-order valence-electron chi connectivity index (χ0n) is 16.1. The third-order valence-electron chi connectivity index (χ3n) is 4.86. The summed E-state index contributed by atoms with van der Waals surface area (Å²) >= 11 is 0. The van der Waals surface area contributed by atoms with Crippen molar-refractivity contribution in [2.75, 3.05) is 39.5 Å². The molecule has 2 aromatic rings. The highest BCUT2D eigenvalue weighted by Gasteiger charge is 2.23. The molecule has 6 nitrogen and oxygen atoms in total. The molecule has 1 aliphatic rings. The Morgan fingerprint density at radius 1 is 1.18 bits per heavy atom. The largest absolute Gasteiger partial charge is 0.484 e. The average Bonchev–Trinajstić information content (AvgIpc) is 2.73. The third-order valence-corrected chi connectivity index (χ3v) is 4.86. The summed E-state index contributed by atoms with van der Waals surface area (Å²) < 4.78 is 11.0. The van der Waals surface area contributed by atoms with Gasteiger partial charge < -0.3 is 19.7 Å². The number of ether oxygens (including phenoxy) is 2. The summed E-state index contributed by atoms with van der Waals surface area (Å²) in [6, 6.07) is 17.0. The predicted molar refractivity (Wildman–Crippen MR) is 105 cm³/mol. The molecular formula is C22H26N3O3+. The van der Waals surface area contributed by atoms with Crippen LogP contribution in [-0.2, 0) is 9.53 Å². The van der Waals surface area contributed by atoms with Crippen LogP contribution in [0.1, 0.15) is 22.7 Å². The summed E-state index contributed by atoms with van der Waals surface area (Å²) in [6.45, 7) is 6.20. The van der Waals surface area contributed by atoms with Gasteiger partial charge in [0, 0.05) is 0 Å². The van der Waals surface area contributed by atoms with Crippen molar-refractivity contribution in [1.29, 1.82) is 5.26 Å². The number of benzene rings is 2. The van der Waals surface area contributed by atoms with Gasteiger partial charge in [-0.3, -0.25) is 4.79 Å². The van der Waals surface area contributed by atoms with Gasteiger partial charge in [-0.05, 0) is 36.8 Å². The first-order chi connectivity index (χ1) is 13.6. The highest BCUT2D eigenvalue weighted by molar-refractivity contribution is 5.78. The molecule has 0 bridgehead atoms. The first-order valence-corrected chi connectivity index (χ1v) is 9.54. The van der Waals surface area contributed by atoms with Crippen LogP contribution in [0.15, 0.2) is 48.5 Å². The van der Waals surface area contributed by atoms with Crippen LogP contribution in [0.2, 0.25) is 0 Å². The van der Waals surface area contributed by atoms with Crippen LogP contribution >= 0.6 is 0 Å². The minimum atomic E-state index is -0.164. The van der Waals surface area contributed by atoms with Gasteiger partial charge in [0.15, 0.2) is 6.61 Å². The van der Waals surface area contributed by atoms with E-state index in [-0.39, 0.29) is 18.6 Å². The molecule has 0 aromatic heterocycles. The molecule has 1 amide bonds. The van der Waals surface area contributed by atoms with E-state index in [2.05, 4.69) is 42.6 Å². The van der Waals surface area contributed by atoms with E-state index >= 15 is 0 Å². The fourth-order valence-electron chi connectivity index (χ4n) is 3.21. The Balaban J connectivity index is 1.61. The molecule has 1 atom stereocenters. The van der Waals surface area contributed by atoms with E-state index in [1.165, 1.54) is 10.5 Å². The molecule has 6 heteroatoms. The van der Waals surface area contributed by atoms with Crippen LogP contribution in [0, 0.1) is 18.3 Å². The number of morpholine rings is 1. The molecular weight excluding hydrogens is 354 g/mol. The zero-order chi connectivity index (χ0) is 19.8. The van der Waals surface area contributed by atoms with Gasteiger partial charge in [-0.15, -0.1) is 0 Å². The number of nitriles is 1. The maximum absolute atomic E-state index is 12.5. The van der Waals surface area contributed by atoms with Crippen LogP contribution in [0.3, 0.4) is 0 Å². The number of nitrogens with zero attached hydrogens (tertiary/aromatic N) is 1. The number of quaternary nitrogens is 1. The minimum Gasteiger partial charge on any atom is -0.484 e. The number of carbonyl (C=O) groups excluding carboxylic acids is 1. The van der Waals surface area contributed by atoms with E-state index in [1.54, 1.807) is 24.3 Å². The SMILES string of the molecule is Cc1ccc([C@@H](C[NH+]2CCOCC2)NC(=O)COc2ccc(C#N)cc2)cc1. The quantitative estimate of drug-likeness (QED) is 0.752. The van der Waals surface area contributed by atoms with Crippen LogP contribution < -0.4 is 15.0 Å². The molecule has 28 heavy (non-hydrogen) atoms. The maximum Gasteiger partial charge on any atom is 0.258 e. The maximum atomic E-state index is 12.5. The van der Waals surface area contributed by atoms with Gasteiger partial charge in [-0.1, -0.05) is 29.8 Å². The van der Waals surface area contributed by atoms with Gasteiger partial charge in [-0.2, -0.15) is 5.26 Å². The summed E-state index contributed by atoms with van der Waals surface area (Å²) in [6.07, 6.45) is 0. The fraction of sp³-hybridized carbons (Fsp3) is 0.364. The van der Waals surface area contributed by atoms with Crippen LogP contribution in [0.25, 0.3) is 0 Å².